The Labute approximate surface area is 106 Å². The summed E-state index contributed by atoms with van der Waals surface area (Å²) in [5, 5.41) is 2.85. The van der Waals surface area contributed by atoms with Gasteiger partial charge in [-0.2, -0.15) is 12.6 Å². The highest BCUT2D eigenvalue weighted by Crippen LogP contribution is 2.49. The van der Waals surface area contributed by atoms with Gasteiger partial charge in [-0.3, -0.25) is 4.79 Å². The molecular weight excluding hydrogens is 237 g/mol. The van der Waals surface area contributed by atoms with Gasteiger partial charge in [0.2, 0.25) is 5.91 Å². The summed E-state index contributed by atoms with van der Waals surface area (Å²) in [7, 11) is 0. The minimum absolute atomic E-state index is 0.0564. The van der Waals surface area contributed by atoms with Crippen molar-refractivity contribution in [2.24, 2.45) is 5.41 Å². The lowest BCUT2D eigenvalue weighted by Crippen LogP contribution is -2.26. The van der Waals surface area contributed by atoms with Gasteiger partial charge in [0.15, 0.2) is 0 Å². The lowest BCUT2D eigenvalue weighted by molar-refractivity contribution is -0.122. The number of thiol groups is 1. The molecule has 0 spiro atoms. The molecule has 1 aliphatic rings. The van der Waals surface area contributed by atoms with Crippen LogP contribution in [0.4, 0.5) is 4.39 Å². The first kappa shape index (κ1) is 12.4. The number of amides is 1. The molecule has 2 nitrogen and oxygen atoms in total. The van der Waals surface area contributed by atoms with Gasteiger partial charge in [-0.1, -0.05) is 12.1 Å². The summed E-state index contributed by atoms with van der Waals surface area (Å²) in [5.41, 5.74) is 1.06. The Hall–Kier alpha value is -1.03. The second kappa shape index (κ2) is 5.08. The predicted octanol–water partition coefficient (Wildman–Crippen LogP) is 2.54. The first-order valence-corrected chi connectivity index (χ1v) is 6.39. The maximum Gasteiger partial charge on any atom is 0.220 e. The number of benzene rings is 1. The molecule has 0 aliphatic heterocycles. The third-order valence-electron chi connectivity index (χ3n) is 3.23. The molecule has 92 valence electrons. The topological polar surface area (TPSA) is 29.1 Å². The monoisotopic (exact) mass is 253 g/mol. The van der Waals surface area contributed by atoms with Crippen molar-refractivity contribution in [3.05, 3.63) is 35.6 Å². The highest BCUT2D eigenvalue weighted by Gasteiger charge is 2.42. The van der Waals surface area contributed by atoms with Crippen LogP contribution in [0.2, 0.25) is 0 Å². The zero-order chi connectivity index (χ0) is 12.3. The van der Waals surface area contributed by atoms with Crippen molar-refractivity contribution in [3.63, 3.8) is 0 Å². The predicted molar refractivity (Wildman–Crippen MR) is 68.4 cm³/mol. The zero-order valence-corrected chi connectivity index (χ0v) is 10.5. The van der Waals surface area contributed by atoms with Crippen LogP contribution in [0.15, 0.2) is 24.3 Å². The van der Waals surface area contributed by atoms with Crippen LogP contribution in [0.3, 0.4) is 0 Å². The number of rotatable bonds is 5. The summed E-state index contributed by atoms with van der Waals surface area (Å²) in [6.45, 7) is 0.460. The number of hydrogen-bond donors (Lipinski definition) is 2. The second-order valence-corrected chi connectivity index (χ2v) is 5.05. The minimum Gasteiger partial charge on any atom is -0.352 e. The van der Waals surface area contributed by atoms with E-state index in [1.165, 1.54) is 12.1 Å². The van der Waals surface area contributed by atoms with E-state index >= 15 is 0 Å². The molecule has 1 N–H and O–H groups in total. The third-order valence-corrected chi connectivity index (χ3v) is 3.90. The van der Waals surface area contributed by atoms with Crippen LogP contribution in [0.1, 0.15) is 24.8 Å². The van der Waals surface area contributed by atoms with E-state index in [-0.39, 0.29) is 17.1 Å². The van der Waals surface area contributed by atoms with Gasteiger partial charge in [0.1, 0.15) is 5.82 Å². The van der Waals surface area contributed by atoms with Crippen molar-refractivity contribution >= 4 is 18.5 Å². The summed E-state index contributed by atoms with van der Waals surface area (Å²) < 4.78 is 12.7. The summed E-state index contributed by atoms with van der Waals surface area (Å²) in [6.07, 6.45) is 2.75. The van der Waals surface area contributed by atoms with E-state index in [4.69, 9.17) is 0 Å². The molecule has 0 radical (unpaired) electrons. The fraction of sp³-hybridized carbons (Fsp3) is 0.462. The minimum atomic E-state index is -0.257. The normalized spacial score (nSPS) is 16.6. The van der Waals surface area contributed by atoms with Gasteiger partial charge in [0, 0.05) is 13.0 Å². The van der Waals surface area contributed by atoms with Gasteiger partial charge in [0.05, 0.1) is 0 Å². The fourth-order valence-electron chi connectivity index (χ4n) is 1.77. The number of carbonyl (C=O) groups excluding carboxylic acids is 1. The molecule has 2 rings (SSSR count). The lowest BCUT2D eigenvalue weighted by Gasteiger charge is -2.11. The number of halogens is 1. The van der Waals surface area contributed by atoms with E-state index < -0.39 is 0 Å². The Bertz CT molecular complexity index is 400. The highest BCUT2D eigenvalue weighted by atomic mass is 32.1. The number of hydrogen-bond acceptors (Lipinski definition) is 2. The molecule has 1 saturated carbocycles. The maximum atomic E-state index is 12.7. The summed E-state index contributed by atoms with van der Waals surface area (Å²) in [5.74, 6) is 0.574. The first-order chi connectivity index (χ1) is 8.13. The smallest absolute Gasteiger partial charge is 0.220 e. The molecule has 0 aromatic heterocycles. The van der Waals surface area contributed by atoms with E-state index in [0.717, 1.165) is 24.2 Å². The molecule has 0 atom stereocenters. The Morgan fingerprint density at radius 2 is 2.00 bits per heavy atom. The third kappa shape index (κ3) is 3.46. The van der Waals surface area contributed by atoms with Gasteiger partial charge >= 0.3 is 0 Å². The summed E-state index contributed by atoms with van der Waals surface area (Å²) in [6, 6.07) is 6.16. The zero-order valence-electron chi connectivity index (χ0n) is 9.58. The van der Waals surface area contributed by atoms with Crippen LogP contribution >= 0.6 is 12.6 Å². The van der Waals surface area contributed by atoms with Gasteiger partial charge in [-0.15, -0.1) is 0 Å². The standard InChI is InChI=1S/C13H16FNOS/c14-11-3-1-10(2-4-11)8-15-12(16)7-13(9-17)5-6-13/h1-4,17H,5-9H2,(H,15,16). The molecule has 0 saturated heterocycles. The summed E-state index contributed by atoms with van der Waals surface area (Å²) >= 11 is 4.27. The van der Waals surface area contributed by atoms with Crippen molar-refractivity contribution in [1.29, 1.82) is 0 Å². The molecule has 1 amide bonds. The van der Waals surface area contributed by atoms with Crippen molar-refractivity contribution in [1.82, 2.24) is 5.32 Å². The van der Waals surface area contributed by atoms with Gasteiger partial charge < -0.3 is 5.32 Å². The highest BCUT2D eigenvalue weighted by molar-refractivity contribution is 7.80. The average Bonchev–Trinajstić information content (AvgIpc) is 3.09. The van der Waals surface area contributed by atoms with Gasteiger partial charge in [0.25, 0.3) is 0 Å². The molecule has 1 aliphatic carbocycles. The average molecular weight is 253 g/mol. The van der Waals surface area contributed by atoms with Gasteiger partial charge in [-0.25, -0.2) is 4.39 Å². The van der Waals surface area contributed by atoms with E-state index in [9.17, 15) is 9.18 Å². The van der Waals surface area contributed by atoms with E-state index in [1.807, 2.05) is 0 Å². The van der Waals surface area contributed by atoms with Crippen molar-refractivity contribution in [3.8, 4) is 0 Å². The van der Waals surface area contributed by atoms with Crippen molar-refractivity contribution < 1.29 is 9.18 Å². The molecular formula is C13H16FNOS. The van der Waals surface area contributed by atoms with Crippen LogP contribution in [-0.4, -0.2) is 11.7 Å². The van der Waals surface area contributed by atoms with Crippen LogP contribution in [0.5, 0.6) is 0 Å². The molecule has 1 aromatic carbocycles. The number of carbonyl (C=O) groups is 1. The maximum absolute atomic E-state index is 12.7. The molecule has 4 heteroatoms. The van der Waals surface area contributed by atoms with Crippen LogP contribution in [0.25, 0.3) is 0 Å². The quantitative estimate of drug-likeness (QED) is 0.776. The van der Waals surface area contributed by atoms with E-state index in [0.29, 0.717) is 13.0 Å². The molecule has 1 fully saturated rings. The lowest BCUT2D eigenvalue weighted by atomic mass is 10.1. The molecule has 1 aromatic rings. The van der Waals surface area contributed by atoms with Crippen LogP contribution < -0.4 is 5.32 Å². The largest absolute Gasteiger partial charge is 0.352 e. The van der Waals surface area contributed by atoms with E-state index in [1.54, 1.807) is 12.1 Å². The summed E-state index contributed by atoms with van der Waals surface area (Å²) in [4.78, 5) is 11.7. The Morgan fingerprint density at radius 3 is 2.53 bits per heavy atom. The Kier molecular flexibility index (Phi) is 3.72. The van der Waals surface area contributed by atoms with Crippen molar-refractivity contribution in [2.75, 3.05) is 5.75 Å². The SMILES string of the molecule is O=C(CC1(CS)CC1)NCc1ccc(F)cc1. The fourth-order valence-corrected chi connectivity index (χ4v) is 2.20. The Balaban J connectivity index is 1.78. The molecule has 0 unspecified atom stereocenters. The first-order valence-electron chi connectivity index (χ1n) is 5.76. The molecule has 0 heterocycles. The second-order valence-electron chi connectivity index (χ2n) is 4.74. The van der Waals surface area contributed by atoms with Crippen molar-refractivity contribution in [2.45, 2.75) is 25.8 Å². The number of nitrogens with one attached hydrogen (secondary N) is 1. The molecule has 0 bridgehead atoms. The van der Waals surface area contributed by atoms with E-state index in [2.05, 4.69) is 17.9 Å². The van der Waals surface area contributed by atoms with Crippen LogP contribution in [-0.2, 0) is 11.3 Å². The van der Waals surface area contributed by atoms with Crippen LogP contribution in [0, 0.1) is 11.2 Å². The Morgan fingerprint density at radius 1 is 1.35 bits per heavy atom. The molecule has 17 heavy (non-hydrogen) atoms. The van der Waals surface area contributed by atoms with Gasteiger partial charge in [-0.05, 0) is 41.7 Å².